The van der Waals surface area contributed by atoms with Crippen molar-refractivity contribution in [3.05, 3.63) is 67.8 Å². The summed E-state index contributed by atoms with van der Waals surface area (Å²) >= 11 is 0. The minimum atomic E-state index is -0.779. The molecule has 2 amide bonds. The predicted octanol–water partition coefficient (Wildman–Crippen LogP) is 3.27. The molecular formula is C15H15N5O5. The number of nitrogens with zero attached hydrogens (tertiary/aromatic N) is 2. The van der Waals surface area contributed by atoms with Gasteiger partial charge in [0, 0.05) is 11.8 Å². The molecule has 0 atom stereocenters. The summed E-state index contributed by atoms with van der Waals surface area (Å²) in [7, 11) is 0. The molecule has 0 spiro atoms. The van der Waals surface area contributed by atoms with E-state index in [9.17, 15) is 25.0 Å². The van der Waals surface area contributed by atoms with Crippen LogP contribution in [0.15, 0.2) is 36.4 Å². The zero-order valence-electron chi connectivity index (χ0n) is 13.4. The topological polar surface area (TPSA) is 139 Å². The molecule has 25 heavy (non-hydrogen) atoms. The van der Waals surface area contributed by atoms with Crippen LogP contribution in [0.4, 0.5) is 27.5 Å². The highest BCUT2D eigenvalue weighted by molar-refractivity contribution is 5.91. The summed E-state index contributed by atoms with van der Waals surface area (Å²) in [6.45, 7) is 3.75. The highest BCUT2D eigenvalue weighted by Crippen LogP contribution is 2.28. The van der Waals surface area contributed by atoms with Gasteiger partial charge >= 0.3 is 11.7 Å². The molecule has 0 unspecified atom stereocenters. The zero-order chi connectivity index (χ0) is 18.6. The number of aryl methyl sites for hydroxylation is 2. The predicted molar refractivity (Wildman–Crippen MR) is 91.4 cm³/mol. The van der Waals surface area contributed by atoms with Crippen molar-refractivity contribution < 1.29 is 14.6 Å². The van der Waals surface area contributed by atoms with Crippen molar-refractivity contribution in [3.63, 3.8) is 0 Å². The van der Waals surface area contributed by atoms with Gasteiger partial charge in [0.25, 0.3) is 5.69 Å². The second kappa shape index (κ2) is 7.25. The molecule has 10 nitrogen and oxygen atoms in total. The average Bonchev–Trinajstić information content (AvgIpc) is 2.55. The summed E-state index contributed by atoms with van der Waals surface area (Å²) in [5, 5.41) is 24.3. The highest BCUT2D eigenvalue weighted by Gasteiger charge is 2.19. The van der Waals surface area contributed by atoms with Crippen LogP contribution in [0.5, 0.6) is 0 Å². The van der Waals surface area contributed by atoms with Gasteiger partial charge in [-0.25, -0.2) is 4.79 Å². The monoisotopic (exact) mass is 345 g/mol. The van der Waals surface area contributed by atoms with Crippen LogP contribution in [-0.2, 0) is 0 Å². The molecule has 0 aliphatic rings. The van der Waals surface area contributed by atoms with Gasteiger partial charge in [0.2, 0.25) is 0 Å². The molecule has 0 saturated carbocycles. The van der Waals surface area contributed by atoms with Crippen LogP contribution in [0.2, 0.25) is 0 Å². The van der Waals surface area contributed by atoms with Crippen molar-refractivity contribution in [2.45, 2.75) is 13.8 Å². The van der Waals surface area contributed by atoms with E-state index in [4.69, 9.17) is 0 Å². The zero-order valence-corrected chi connectivity index (χ0v) is 13.4. The van der Waals surface area contributed by atoms with Gasteiger partial charge in [-0.05, 0) is 31.5 Å². The van der Waals surface area contributed by atoms with E-state index < -0.39 is 27.3 Å². The van der Waals surface area contributed by atoms with Crippen LogP contribution in [0, 0.1) is 34.1 Å². The van der Waals surface area contributed by atoms with Crippen LogP contribution in [-0.4, -0.2) is 15.9 Å². The minimum absolute atomic E-state index is 0.0774. The number of hydrogen-bond acceptors (Lipinski definition) is 6. The van der Waals surface area contributed by atoms with Crippen LogP contribution >= 0.6 is 0 Å². The van der Waals surface area contributed by atoms with Crippen molar-refractivity contribution in [1.82, 2.24) is 5.43 Å². The molecule has 0 aliphatic heterocycles. The molecule has 130 valence electrons. The summed E-state index contributed by atoms with van der Waals surface area (Å²) in [6, 6.07) is 7.87. The first-order valence-electron chi connectivity index (χ1n) is 7.11. The number of non-ortho nitro benzene ring substituents is 1. The van der Waals surface area contributed by atoms with Gasteiger partial charge in [-0.3, -0.25) is 31.1 Å². The van der Waals surface area contributed by atoms with E-state index in [1.54, 1.807) is 6.07 Å². The first-order chi connectivity index (χ1) is 11.8. The number of hydrogen-bond donors (Lipinski definition) is 3. The smallest absolute Gasteiger partial charge is 0.306 e. The molecule has 0 bridgehead atoms. The van der Waals surface area contributed by atoms with Crippen molar-refractivity contribution in [2.75, 3.05) is 10.7 Å². The second-order valence-corrected chi connectivity index (χ2v) is 5.24. The fraction of sp³-hybridized carbons (Fsp3) is 0.133. The summed E-state index contributed by atoms with van der Waals surface area (Å²) in [5.74, 6) is 0. The lowest BCUT2D eigenvalue weighted by Crippen LogP contribution is -2.34. The fourth-order valence-electron chi connectivity index (χ4n) is 2.12. The van der Waals surface area contributed by atoms with Crippen LogP contribution < -0.4 is 16.2 Å². The summed E-state index contributed by atoms with van der Waals surface area (Å²) in [6.07, 6.45) is 0. The van der Waals surface area contributed by atoms with Crippen LogP contribution in [0.1, 0.15) is 11.1 Å². The molecule has 2 aromatic rings. The molecular weight excluding hydrogens is 330 g/mol. The second-order valence-electron chi connectivity index (χ2n) is 5.24. The molecule has 0 saturated heterocycles. The number of nitro benzene ring substituents is 2. The third-order valence-corrected chi connectivity index (χ3v) is 3.33. The fourth-order valence-corrected chi connectivity index (χ4v) is 2.12. The number of carbonyl (C=O) groups excluding carboxylic acids is 1. The standard InChI is InChI=1S/C15H15N5O5/c1-9-3-5-12(10(2)7-9)16-15(21)18-17-13-6-4-11(19(22)23)8-14(13)20(24)25/h3-8,17H,1-2H3,(H2,16,18,21). The number of nitro groups is 2. The largest absolute Gasteiger partial charge is 0.337 e. The summed E-state index contributed by atoms with van der Waals surface area (Å²) in [4.78, 5) is 32.1. The SMILES string of the molecule is Cc1ccc(NC(=O)NNc2ccc([N+](=O)[O-])cc2[N+](=O)[O-])c(C)c1. The highest BCUT2D eigenvalue weighted by atomic mass is 16.6. The number of urea groups is 1. The van der Waals surface area contributed by atoms with Gasteiger partial charge in [-0.2, -0.15) is 0 Å². The average molecular weight is 345 g/mol. The third-order valence-electron chi connectivity index (χ3n) is 3.33. The van der Waals surface area contributed by atoms with Crippen LogP contribution in [0.3, 0.4) is 0 Å². The molecule has 2 rings (SSSR count). The van der Waals surface area contributed by atoms with E-state index in [0.717, 1.165) is 29.3 Å². The summed E-state index contributed by atoms with van der Waals surface area (Å²) < 4.78 is 0. The molecule has 10 heteroatoms. The lowest BCUT2D eigenvalue weighted by atomic mass is 10.1. The number of carbonyl (C=O) groups is 1. The molecule has 0 heterocycles. The molecule has 0 aliphatic carbocycles. The van der Waals surface area contributed by atoms with E-state index in [0.29, 0.717) is 5.69 Å². The quantitative estimate of drug-likeness (QED) is 0.561. The van der Waals surface area contributed by atoms with Gasteiger partial charge in [0.05, 0.1) is 15.9 Å². The van der Waals surface area contributed by atoms with Gasteiger partial charge < -0.3 is 5.32 Å². The number of hydrazine groups is 1. The lowest BCUT2D eigenvalue weighted by molar-refractivity contribution is -0.393. The van der Waals surface area contributed by atoms with Gasteiger partial charge in [0.15, 0.2) is 0 Å². The maximum absolute atomic E-state index is 11.9. The molecule has 0 fully saturated rings. The lowest BCUT2D eigenvalue weighted by Gasteiger charge is -2.12. The van der Waals surface area contributed by atoms with E-state index in [1.807, 2.05) is 26.0 Å². The van der Waals surface area contributed by atoms with Crippen molar-refractivity contribution in [1.29, 1.82) is 0 Å². The first-order valence-corrected chi connectivity index (χ1v) is 7.11. The Morgan fingerprint density at radius 3 is 2.24 bits per heavy atom. The van der Waals surface area contributed by atoms with E-state index >= 15 is 0 Å². The Kier molecular flexibility index (Phi) is 5.12. The number of rotatable bonds is 5. The minimum Gasteiger partial charge on any atom is -0.306 e. The Bertz CT molecular complexity index is 852. The molecule has 0 radical (unpaired) electrons. The van der Waals surface area contributed by atoms with Gasteiger partial charge in [-0.15, -0.1) is 0 Å². The van der Waals surface area contributed by atoms with Gasteiger partial charge in [-0.1, -0.05) is 17.7 Å². The summed E-state index contributed by atoms with van der Waals surface area (Å²) in [5.41, 5.74) is 6.11. The number of nitrogens with one attached hydrogen (secondary N) is 3. The van der Waals surface area contributed by atoms with Crippen molar-refractivity contribution >= 4 is 28.8 Å². The van der Waals surface area contributed by atoms with Crippen molar-refractivity contribution in [2.24, 2.45) is 0 Å². The normalized spacial score (nSPS) is 10.0. The first kappa shape index (κ1) is 17.7. The Hall–Kier alpha value is -3.69. The Morgan fingerprint density at radius 2 is 1.64 bits per heavy atom. The van der Waals surface area contributed by atoms with E-state index in [1.165, 1.54) is 0 Å². The van der Waals surface area contributed by atoms with Crippen LogP contribution in [0.25, 0.3) is 0 Å². The van der Waals surface area contributed by atoms with Crippen molar-refractivity contribution in [3.8, 4) is 0 Å². The third kappa shape index (κ3) is 4.41. The Balaban J connectivity index is 2.08. The maximum atomic E-state index is 11.9. The maximum Gasteiger partial charge on any atom is 0.337 e. The molecule has 0 aromatic heterocycles. The Labute approximate surface area is 142 Å². The molecule has 3 N–H and O–H groups in total. The Morgan fingerprint density at radius 1 is 0.960 bits per heavy atom. The number of benzene rings is 2. The number of amides is 2. The van der Waals surface area contributed by atoms with Gasteiger partial charge in [0.1, 0.15) is 5.69 Å². The van der Waals surface area contributed by atoms with E-state index in [-0.39, 0.29) is 5.69 Å². The number of anilines is 2. The van der Waals surface area contributed by atoms with E-state index in [2.05, 4.69) is 16.2 Å². The molecule has 2 aromatic carbocycles.